The van der Waals surface area contributed by atoms with E-state index in [1.54, 1.807) is 6.20 Å². The predicted octanol–water partition coefficient (Wildman–Crippen LogP) is 13.8. The van der Waals surface area contributed by atoms with E-state index in [4.69, 9.17) is 23.8 Å². The van der Waals surface area contributed by atoms with Gasteiger partial charge in [0, 0.05) is 81.9 Å². The van der Waals surface area contributed by atoms with Gasteiger partial charge in [0.25, 0.3) is 0 Å². The number of hydrogen-bond donors (Lipinski definition) is 0. The van der Waals surface area contributed by atoms with Crippen molar-refractivity contribution in [1.29, 1.82) is 0 Å². The Hall–Kier alpha value is -7.48. The number of thiophene rings is 1. The van der Waals surface area contributed by atoms with Crippen LogP contribution in [0.3, 0.4) is 0 Å². The van der Waals surface area contributed by atoms with Gasteiger partial charge in [0.05, 0.1) is 0 Å². The van der Waals surface area contributed by atoms with Crippen molar-refractivity contribution in [3.63, 3.8) is 0 Å². The maximum atomic E-state index is 6.77. The molecule has 57 heavy (non-hydrogen) atoms. The number of rotatable bonds is 5. The normalized spacial score (nSPS) is 11.9. The minimum absolute atomic E-state index is 0.540. The summed E-state index contributed by atoms with van der Waals surface area (Å²) in [7, 11) is 0. The molecule has 0 aliphatic heterocycles. The van der Waals surface area contributed by atoms with E-state index in [-0.39, 0.29) is 0 Å². The quantitative estimate of drug-likeness (QED) is 0.174. The molecule has 5 aromatic heterocycles. The van der Waals surface area contributed by atoms with Crippen molar-refractivity contribution in [3.05, 3.63) is 170 Å². The molecule has 0 N–H and O–H groups in total. The van der Waals surface area contributed by atoms with Gasteiger partial charge in [-0.3, -0.25) is 4.98 Å². The standard InChI is InChI=1S/C50H28N4O2S/c1-2-14-38(32(11-1)31-10-9-25-51-28-31)49-52-48(30-20-21-35-34-12-3-6-16-41(34)55-43(35)26-30)53-50(54-49)40-24-23-33(47-46(40)39-15-4-7-17-42(39)56-47)29-19-22-37-36-13-5-8-18-44(36)57-45(37)27-29/h1-28H. The highest BCUT2D eigenvalue weighted by Crippen LogP contribution is 2.44. The molecule has 12 rings (SSSR count). The van der Waals surface area contributed by atoms with E-state index in [2.05, 4.69) is 102 Å². The topological polar surface area (TPSA) is 77.8 Å². The zero-order chi connectivity index (χ0) is 37.5. The van der Waals surface area contributed by atoms with Crippen LogP contribution in [0, 0.1) is 0 Å². The van der Waals surface area contributed by atoms with Crippen molar-refractivity contribution in [2.24, 2.45) is 0 Å². The molecule has 7 heteroatoms. The van der Waals surface area contributed by atoms with E-state index >= 15 is 0 Å². The molecule has 0 unspecified atom stereocenters. The lowest BCUT2D eigenvalue weighted by Crippen LogP contribution is -2.01. The molecule has 0 aliphatic carbocycles. The molecule has 0 atom stereocenters. The Kier molecular flexibility index (Phi) is 7.00. The second kappa shape index (κ2) is 12.5. The predicted molar refractivity (Wildman–Crippen MR) is 232 cm³/mol. The number of nitrogens with zero attached hydrogens (tertiary/aromatic N) is 4. The zero-order valence-corrected chi connectivity index (χ0v) is 31.0. The van der Waals surface area contributed by atoms with Gasteiger partial charge in [-0.1, -0.05) is 103 Å². The fourth-order valence-electron chi connectivity index (χ4n) is 8.20. The van der Waals surface area contributed by atoms with Crippen molar-refractivity contribution in [3.8, 4) is 56.4 Å². The highest BCUT2D eigenvalue weighted by molar-refractivity contribution is 7.25. The summed E-state index contributed by atoms with van der Waals surface area (Å²) in [5.41, 5.74) is 9.82. The Morgan fingerprint density at radius 1 is 0.386 bits per heavy atom. The Balaban J connectivity index is 1.10. The number of fused-ring (bicyclic) bond motifs is 9. The molecule has 0 aliphatic rings. The molecule has 7 aromatic carbocycles. The first-order valence-electron chi connectivity index (χ1n) is 18.8. The zero-order valence-electron chi connectivity index (χ0n) is 30.2. The van der Waals surface area contributed by atoms with Crippen LogP contribution in [0.4, 0.5) is 0 Å². The summed E-state index contributed by atoms with van der Waals surface area (Å²) < 4.78 is 15.6. The lowest BCUT2D eigenvalue weighted by Gasteiger charge is -2.13. The summed E-state index contributed by atoms with van der Waals surface area (Å²) in [6.45, 7) is 0. The van der Waals surface area contributed by atoms with Crippen molar-refractivity contribution < 1.29 is 8.83 Å². The maximum Gasteiger partial charge on any atom is 0.164 e. The van der Waals surface area contributed by atoms with Crippen LogP contribution in [-0.4, -0.2) is 19.9 Å². The van der Waals surface area contributed by atoms with Crippen molar-refractivity contribution >= 4 is 75.4 Å². The Bertz CT molecular complexity index is 3550. The van der Waals surface area contributed by atoms with Gasteiger partial charge in [0.2, 0.25) is 0 Å². The average Bonchev–Trinajstić information content (AvgIpc) is 3.97. The Morgan fingerprint density at radius 2 is 1.04 bits per heavy atom. The molecule has 0 saturated carbocycles. The van der Waals surface area contributed by atoms with Crippen LogP contribution in [0.5, 0.6) is 0 Å². The third-order valence-electron chi connectivity index (χ3n) is 10.9. The first-order valence-corrected chi connectivity index (χ1v) is 19.6. The molecule has 0 radical (unpaired) electrons. The molecule has 0 amide bonds. The lowest BCUT2D eigenvalue weighted by molar-refractivity contribution is 0.669. The van der Waals surface area contributed by atoms with Crippen LogP contribution in [0.25, 0.3) is 120 Å². The summed E-state index contributed by atoms with van der Waals surface area (Å²) in [5, 5.41) is 6.60. The SMILES string of the molecule is c1cncc(-c2ccccc2-c2nc(-c3ccc4c(c3)oc3ccccc34)nc(-c3ccc(-c4ccc5c(c4)sc4ccccc45)c4oc5ccccc5c34)n2)c1. The van der Waals surface area contributed by atoms with E-state index in [1.165, 1.54) is 20.2 Å². The second-order valence-electron chi connectivity index (χ2n) is 14.2. The van der Waals surface area contributed by atoms with Crippen LogP contribution in [0.2, 0.25) is 0 Å². The van der Waals surface area contributed by atoms with Gasteiger partial charge in [-0.2, -0.15) is 0 Å². The third kappa shape index (κ3) is 5.10. The minimum Gasteiger partial charge on any atom is -0.456 e. The molecular formula is C50H28N4O2S. The van der Waals surface area contributed by atoms with Crippen LogP contribution in [-0.2, 0) is 0 Å². The molecule has 0 fully saturated rings. The van der Waals surface area contributed by atoms with Gasteiger partial charge >= 0.3 is 0 Å². The van der Waals surface area contributed by atoms with Crippen LogP contribution < -0.4 is 0 Å². The molecular weight excluding hydrogens is 721 g/mol. The highest BCUT2D eigenvalue weighted by Gasteiger charge is 2.22. The minimum atomic E-state index is 0.540. The summed E-state index contributed by atoms with van der Waals surface area (Å²) in [5.74, 6) is 1.64. The van der Waals surface area contributed by atoms with Crippen LogP contribution >= 0.6 is 11.3 Å². The number of para-hydroxylation sites is 2. The van der Waals surface area contributed by atoms with Gasteiger partial charge in [-0.05, 0) is 65.7 Å². The van der Waals surface area contributed by atoms with Crippen molar-refractivity contribution in [1.82, 2.24) is 19.9 Å². The molecule has 266 valence electrons. The largest absolute Gasteiger partial charge is 0.456 e. The molecule has 5 heterocycles. The van der Waals surface area contributed by atoms with Gasteiger partial charge in [-0.15, -0.1) is 11.3 Å². The number of hydrogen-bond acceptors (Lipinski definition) is 7. The lowest BCUT2D eigenvalue weighted by atomic mass is 9.97. The smallest absolute Gasteiger partial charge is 0.164 e. The first kappa shape index (κ1) is 31.8. The summed E-state index contributed by atoms with van der Waals surface area (Å²) in [6, 6.07) is 54.2. The third-order valence-corrected chi connectivity index (χ3v) is 12.0. The Morgan fingerprint density at radius 3 is 1.89 bits per heavy atom. The fourth-order valence-corrected chi connectivity index (χ4v) is 9.34. The first-order chi connectivity index (χ1) is 28.2. The highest BCUT2D eigenvalue weighted by atomic mass is 32.1. The second-order valence-corrected chi connectivity index (χ2v) is 15.3. The summed E-state index contributed by atoms with van der Waals surface area (Å²) in [6.07, 6.45) is 3.65. The molecule has 0 spiro atoms. The van der Waals surface area contributed by atoms with E-state index < -0.39 is 0 Å². The van der Waals surface area contributed by atoms with Gasteiger partial charge in [-0.25, -0.2) is 15.0 Å². The van der Waals surface area contributed by atoms with Crippen molar-refractivity contribution in [2.75, 3.05) is 0 Å². The summed E-state index contributed by atoms with van der Waals surface area (Å²) in [4.78, 5) is 20.1. The van der Waals surface area contributed by atoms with E-state index in [0.29, 0.717) is 17.5 Å². The van der Waals surface area contributed by atoms with Gasteiger partial charge < -0.3 is 8.83 Å². The fraction of sp³-hybridized carbons (Fsp3) is 0. The van der Waals surface area contributed by atoms with Crippen molar-refractivity contribution in [2.45, 2.75) is 0 Å². The summed E-state index contributed by atoms with van der Waals surface area (Å²) >= 11 is 1.81. The molecule has 12 aromatic rings. The van der Waals surface area contributed by atoms with Gasteiger partial charge in [0.15, 0.2) is 17.5 Å². The van der Waals surface area contributed by atoms with Crippen LogP contribution in [0.15, 0.2) is 179 Å². The monoisotopic (exact) mass is 748 g/mol. The molecule has 6 nitrogen and oxygen atoms in total. The van der Waals surface area contributed by atoms with E-state index in [1.807, 2.05) is 78.2 Å². The Labute approximate surface area is 329 Å². The molecule has 0 saturated heterocycles. The van der Waals surface area contributed by atoms with E-state index in [0.717, 1.165) is 82.8 Å². The molecule has 0 bridgehead atoms. The van der Waals surface area contributed by atoms with Crippen LogP contribution in [0.1, 0.15) is 0 Å². The van der Waals surface area contributed by atoms with E-state index in [9.17, 15) is 0 Å². The average molecular weight is 749 g/mol. The number of pyridine rings is 1. The van der Waals surface area contributed by atoms with Gasteiger partial charge in [0.1, 0.15) is 22.3 Å². The maximum absolute atomic E-state index is 6.77. The number of furan rings is 2. The number of benzene rings is 7. The number of aromatic nitrogens is 4.